The Morgan fingerprint density at radius 3 is 2.61 bits per heavy atom. The summed E-state index contributed by atoms with van der Waals surface area (Å²) in [7, 11) is 0. The molecule has 0 aromatic carbocycles. The molecule has 2 fully saturated rings. The van der Waals surface area contributed by atoms with E-state index in [-0.39, 0.29) is 0 Å². The highest BCUT2D eigenvalue weighted by atomic mass is 15.2. The summed E-state index contributed by atoms with van der Waals surface area (Å²) in [5, 5.41) is 0. The number of piperidine rings is 1. The number of aromatic amines is 1. The van der Waals surface area contributed by atoms with E-state index in [1.807, 2.05) is 12.4 Å². The van der Waals surface area contributed by atoms with Crippen molar-refractivity contribution in [1.82, 2.24) is 24.8 Å². The second kappa shape index (κ2) is 6.79. The molecular weight excluding hydrogens is 286 g/mol. The Morgan fingerprint density at radius 2 is 1.78 bits per heavy atom. The topological polar surface area (TPSA) is 57.7 Å². The Morgan fingerprint density at radius 1 is 0.913 bits per heavy atom. The molecule has 1 aliphatic carbocycles. The number of H-pyrrole nitrogens is 1. The first-order chi connectivity index (χ1) is 11.4. The van der Waals surface area contributed by atoms with Crippen molar-refractivity contribution in [3.05, 3.63) is 30.5 Å². The molecule has 1 N–H and O–H groups in total. The van der Waals surface area contributed by atoms with Gasteiger partial charge in [0.1, 0.15) is 5.69 Å². The van der Waals surface area contributed by atoms with Crippen LogP contribution in [0.15, 0.2) is 24.8 Å². The molecular formula is C18H25N5. The zero-order valence-electron chi connectivity index (χ0n) is 13.6. The Balaban J connectivity index is 1.56. The van der Waals surface area contributed by atoms with Crippen LogP contribution in [0.25, 0.3) is 11.5 Å². The minimum absolute atomic E-state index is 0.472. The van der Waals surface area contributed by atoms with Crippen molar-refractivity contribution < 1.29 is 0 Å². The van der Waals surface area contributed by atoms with Crippen molar-refractivity contribution in [2.24, 2.45) is 0 Å². The van der Waals surface area contributed by atoms with Crippen LogP contribution in [0.4, 0.5) is 0 Å². The van der Waals surface area contributed by atoms with Gasteiger partial charge in [-0.15, -0.1) is 0 Å². The van der Waals surface area contributed by atoms with Crippen LogP contribution in [-0.2, 0) is 0 Å². The second-order valence-electron chi connectivity index (χ2n) is 6.85. The van der Waals surface area contributed by atoms with Gasteiger partial charge in [-0.3, -0.25) is 9.88 Å². The summed E-state index contributed by atoms with van der Waals surface area (Å²) in [6.45, 7) is 2.37. The molecule has 0 bridgehead atoms. The fourth-order valence-electron chi connectivity index (χ4n) is 4.23. The highest BCUT2D eigenvalue weighted by molar-refractivity contribution is 5.53. The van der Waals surface area contributed by atoms with Gasteiger partial charge in [0.2, 0.25) is 0 Å². The molecule has 5 heteroatoms. The predicted octanol–water partition coefficient (Wildman–Crippen LogP) is 3.38. The lowest BCUT2D eigenvalue weighted by molar-refractivity contribution is 0.118. The van der Waals surface area contributed by atoms with E-state index in [9.17, 15) is 0 Å². The highest BCUT2D eigenvalue weighted by Gasteiger charge is 2.30. The smallest absolute Gasteiger partial charge is 0.157 e. The van der Waals surface area contributed by atoms with Gasteiger partial charge in [0.25, 0.3) is 0 Å². The van der Waals surface area contributed by atoms with Crippen molar-refractivity contribution in [1.29, 1.82) is 0 Å². The predicted molar refractivity (Wildman–Crippen MR) is 90.0 cm³/mol. The number of aromatic nitrogens is 4. The Labute approximate surface area is 137 Å². The maximum absolute atomic E-state index is 4.69. The molecule has 3 heterocycles. The van der Waals surface area contributed by atoms with Gasteiger partial charge in [0.05, 0.1) is 5.69 Å². The van der Waals surface area contributed by atoms with Crippen LogP contribution in [0, 0.1) is 0 Å². The van der Waals surface area contributed by atoms with Crippen LogP contribution in [0.3, 0.4) is 0 Å². The Kier molecular flexibility index (Phi) is 4.37. The first-order valence-electron chi connectivity index (χ1n) is 8.96. The van der Waals surface area contributed by atoms with Gasteiger partial charge in [-0.25, -0.2) is 9.97 Å². The number of rotatable bonds is 3. The van der Waals surface area contributed by atoms with Crippen LogP contribution >= 0.6 is 0 Å². The van der Waals surface area contributed by atoms with E-state index < -0.39 is 0 Å². The summed E-state index contributed by atoms with van der Waals surface area (Å²) < 4.78 is 0. The number of likely N-dealkylation sites (tertiary alicyclic amines) is 1. The fraction of sp³-hybridized carbons (Fsp3) is 0.611. The van der Waals surface area contributed by atoms with Gasteiger partial charge >= 0.3 is 0 Å². The number of nitrogens with zero attached hydrogens (tertiary/aromatic N) is 4. The lowest BCUT2D eigenvalue weighted by Crippen LogP contribution is -2.43. The molecule has 122 valence electrons. The van der Waals surface area contributed by atoms with Crippen molar-refractivity contribution in [2.75, 3.05) is 13.1 Å². The minimum atomic E-state index is 0.472. The molecule has 1 aliphatic heterocycles. The monoisotopic (exact) mass is 311 g/mol. The Bertz CT molecular complexity index is 618. The van der Waals surface area contributed by atoms with Crippen LogP contribution in [0.5, 0.6) is 0 Å². The summed E-state index contributed by atoms with van der Waals surface area (Å²) in [6.07, 6.45) is 16.6. The van der Waals surface area contributed by atoms with Crippen LogP contribution in [-0.4, -0.2) is 44.0 Å². The Hall–Kier alpha value is -1.75. The van der Waals surface area contributed by atoms with E-state index in [4.69, 9.17) is 0 Å². The summed E-state index contributed by atoms with van der Waals surface area (Å²) in [4.78, 5) is 19.5. The van der Waals surface area contributed by atoms with Crippen LogP contribution in [0.1, 0.15) is 56.6 Å². The molecule has 0 radical (unpaired) electrons. The van der Waals surface area contributed by atoms with Gasteiger partial charge in [-0.05, 0) is 32.2 Å². The molecule has 4 rings (SSSR count). The van der Waals surface area contributed by atoms with Gasteiger partial charge in [0.15, 0.2) is 5.82 Å². The SMILES string of the molecule is c1c[nH]c(-c2nccnc2[C@H]2CCCN(C3CCCCC3)C2)n1. The largest absolute Gasteiger partial charge is 0.343 e. The lowest BCUT2D eigenvalue weighted by Gasteiger charge is -2.40. The standard InChI is InChI=1S/C18H25N5/c1-2-6-15(7-3-1)23-12-4-5-14(13-23)16-17(20-9-8-19-16)18-21-10-11-22-18/h8-11,14-15H,1-7,12-13H2,(H,21,22)/t14-/m0/s1. The second-order valence-corrected chi connectivity index (χ2v) is 6.85. The molecule has 1 saturated carbocycles. The number of hydrogen-bond donors (Lipinski definition) is 1. The molecule has 2 aromatic heterocycles. The molecule has 2 aromatic rings. The molecule has 1 saturated heterocycles. The maximum atomic E-state index is 4.69. The van der Waals surface area contributed by atoms with Crippen molar-refractivity contribution in [3.63, 3.8) is 0 Å². The quantitative estimate of drug-likeness (QED) is 0.944. The number of imidazole rings is 1. The van der Waals surface area contributed by atoms with Crippen LogP contribution < -0.4 is 0 Å². The first-order valence-corrected chi connectivity index (χ1v) is 8.96. The molecule has 5 nitrogen and oxygen atoms in total. The van der Waals surface area contributed by atoms with Gasteiger partial charge in [0, 0.05) is 43.3 Å². The molecule has 0 spiro atoms. The van der Waals surface area contributed by atoms with E-state index in [0.29, 0.717) is 5.92 Å². The first kappa shape index (κ1) is 14.8. The van der Waals surface area contributed by atoms with Crippen molar-refractivity contribution in [3.8, 4) is 11.5 Å². The van der Waals surface area contributed by atoms with Gasteiger partial charge in [-0.1, -0.05) is 19.3 Å². The molecule has 0 unspecified atom stereocenters. The summed E-state index contributed by atoms with van der Waals surface area (Å²) in [5.74, 6) is 1.31. The van der Waals surface area contributed by atoms with E-state index in [0.717, 1.165) is 29.8 Å². The number of hydrogen-bond acceptors (Lipinski definition) is 4. The zero-order chi connectivity index (χ0) is 15.5. The van der Waals surface area contributed by atoms with Crippen molar-refractivity contribution in [2.45, 2.75) is 56.9 Å². The van der Waals surface area contributed by atoms with Crippen molar-refractivity contribution >= 4 is 0 Å². The average molecular weight is 311 g/mol. The minimum Gasteiger partial charge on any atom is -0.343 e. The average Bonchev–Trinajstić information content (AvgIpc) is 3.17. The lowest BCUT2D eigenvalue weighted by atomic mass is 9.88. The maximum Gasteiger partial charge on any atom is 0.157 e. The zero-order valence-corrected chi connectivity index (χ0v) is 13.6. The van der Waals surface area contributed by atoms with Gasteiger partial charge in [-0.2, -0.15) is 0 Å². The van der Waals surface area contributed by atoms with Crippen LogP contribution in [0.2, 0.25) is 0 Å². The summed E-state index contributed by atoms with van der Waals surface area (Å²) >= 11 is 0. The summed E-state index contributed by atoms with van der Waals surface area (Å²) in [6, 6.07) is 0.787. The molecule has 23 heavy (non-hydrogen) atoms. The van der Waals surface area contributed by atoms with E-state index >= 15 is 0 Å². The summed E-state index contributed by atoms with van der Waals surface area (Å²) in [5.41, 5.74) is 2.04. The molecule has 0 amide bonds. The van der Waals surface area contributed by atoms with E-state index in [1.54, 1.807) is 12.4 Å². The van der Waals surface area contributed by atoms with E-state index in [1.165, 1.54) is 51.5 Å². The third-order valence-electron chi connectivity index (χ3n) is 5.38. The molecule has 2 aliphatic rings. The fourth-order valence-corrected chi connectivity index (χ4v) is 4.23. The third kappa shape index (κ3) is 3.15. The third-order valence-corrected chi connectivity index (χ3v) is 5.38. The van der Waals surface area contributed by atoms with E-state index in [2.05, 4.69) is 24.8 Å². The normalized spacial score (nSPS) is 23.9. The van der Waals surface area contributed by atoms with Gasteiger partial charge < -0.3 is 4.98 Å². The highest BCUT2D eigenvalue weighted by Crippen LogP contribution is 2.33. The number of nitrogens with one attached hydrogen (secondary N) is 1. The molecule has 1 atom stereocenters.